The minimum Gasteiger partial charge on any atom is -0.322 e. The van der Waals surface area contributed by atoms with Crippen molar-refractivity contribution in [2.24, 2.45) is 0 Å². The molecule has 2 aromatic carbocycles. The SMILES string of the molecule is Cc1cccc(-c2csc(C(=O)Nc3ccc(F)c(F)c3)c2-n2cccc2)c1. The average molecular weight is 394 g/mol. The fraction of sp³-hybridized carbons (Fsp3) is 0.0455. The van der Waals surface area contributed by atoms with Gasteiger partial charge in [0.25, 0.3) is 5.91 Å². The Balaban J connectivity index is 1.76. The molecule has 6 heteroatoms. The molecule has 1 amide bonds. The zero-order valence-electron chi connectivity index (χ0n) is 14.9. The van der Waals surface area contributed by atoms with Crippen LogP contribution < -0.4 is 5.32 Å². The van der Waals surface area contributed by atoms with E-state index < -0.39 is 11.6 Å². The summed E-state index contributed by atoms with van der Waals surface area (Å²) in [6.45, 7) is 2.02. The molecule has 4 rings (SSSR count). The number of aromatic nitrogens is 1. The second kappa shape index (κ2) is 7.40. The van der Waals surface area contributed by atoms with Gasteiger partial charge in [-0.25, -0.2) is 8.78 Å². The Morgan fingerprint density at radius 1 is 1.00 bits per heavy atom. The molecule has 0 saturated carbocycles. The number of anilines is 1. The normalized spacial score (nSPS) is 10.8. The van der Waals surface area contributed by atoms with E-state index in [0.29, 0.717) is 4.88 Å². The van der Waals surface area contributed by atoms with Crippen LogP contribution in [0.1, 0.15) is 15.2 Å². The summed E-state index contributed by atoms with van der Waals surface area (Å²) in [5.41, 5.74) is 4.01. The van der Waals surface area contributed by atoms with Crippen LogP contribution in [0.4, 0.5) is 14.5 Å². The summed E-state index contributed by atoms with van der Waals surface area (Å²) in [7, 11) is 0. The highest BCUT2D eigenvalue weighted by molar-refractivity contribution is 7.13. The van der Waals surface area contributed by atoms with E-state index in [1.54, 1.807) is 0 Å². The highest BCUT2D eigenvalue weighted by Crippen LogP contribution is 2.35. The number of nitrogens with zero attached hydrogens (tertiary/aromatic N) is 1. The lowest BCUT2D eigenvalue weighted by Gasteiger charge is -2.11. The van der Waals surface area contributed by atoms with Crippen molar-refractivity contribution in [3.8, 4) is 16.8 Å². The molecule has 28 heavy (non-hydrogen) atoms. The second-order valence-electron chi connectivity index (χ2n) is 6.37. The van der Waals surface area contributed by atoms with Crippen LogP contribution in [0.15, 0.2) is 72.4 Å². The van der Waals surface area contributed by atoms with Gasteiger partial charge in [0, 0.05) is 35.1 Å². The number of benzene rings is 2. The molecule has 0 bridgehead atoms. The molecule has 140 valence electrons. The number of halogens is 2. The van der Waals surface area contributed by atoms with Crippen molar-refractivity contribution in [2.75, 3.05) is 5.32 Å². The quantitative estimate of drug-likeness (QED) is 0.449. The van der Waals surface area contributed by atoms with E-state index in [4.69, 9.17) is 0 Å². The van der Waals surface area contributed by atoms with Crippen molar-refractivity contribution in [3.05, 3.63) is 94.4 Å². The predicted molar refractivity (Wildman–Crippen MR) is 108 cm³/mol. The van der Waals surface area contributed by atoms with Gasteiger partial charge in [-0.3, -0.25) is 4.79 Å². The van der Waals surface area contributed by atoms with E-state index in [-0.39, 0.29) is 11.6 Å². The van der Waals surface area contributed by atoms with Crippen molar-refractivity contribution in [2.45, 2.75) is 6.92 Å². The van der Waals surface area contributed by atoms with Crippen molar-refractivity contribution < 1.29 is 13.6 Å². The van der Waals surface area contributed by atoms with E-state index in [9.17, 15) is 13.6 Å². The highest BCUT2D eigenvalue weighted by Gasteiger charge is 2.21. The molecule has 2 aromatic heterocycles. The molecular weight excluding hydrogens is 378 g/mol. The molecule has 0 fully saturated rings. The number of carbonyl (C=O) groups excluding carboxylic acids is 1. The summed E-state index contributed by atoms with van der Waals surface area (Å²) in [5, 5.41) is 4.59. The summed E-state index contributed by atoms with van der Waals surface area (Å²) in [6.07, 6.45) is 3.74. The van der Waals surface area contributed by atoms with Crippen molar-refractivity contribution >= 4 is 22.9 Å². The van der Waals surface area contributed by atoms with Crippen LogP contribution in [0, 0.1) is 18.6 Å². The van der Waals surface area contributed by atoms with Gasteiger partial charge in [-0.05, 0) is 36.8 Å². The van der Waals surface area contributed by atoms with Crippen molar-refractivity contribution in [3.63, 3.8) is 0 Å². The Morgan fingerprint density at radius 3 is 2.50 bits per heavy atom. The van der Waals surface area contributed by atoms with E-state index in [1.807, 2.05) is 59.6 Å². The van der Waals surface area contributed by atoms with E-state index >= 15 is 0 Å². The van der Waals surface area contributed by atoms with Gasteiger partial charge in [-0.2, -0.15) is 0 Å². The molecule has 3 nitrogen and oxygen atoms in total. The van der Waals surface area contributed by atoms with Crippen molar-refractivity contribution in [1.29, 1.82) is 0 Å². The zero-order chi connectivity index (χ0) is 19.7. The smallest absolute Gasteiger partial charge is 0.267 e. The van der Waals surface area contributed by atoms with E-state index in [0.717, 1.165) is 34.5 Å². The van der Waals surface area contributed by atoms with Crippen LogP contribution in [0.2, 0.25) is 0 Å². The minimum absolute atomic E-state index is 0.202. The molecule has 0 aliphatic rings. The molecule has 0 aliphatic heterocycles. The molecule has 0 spiro atoms. The molecule has 0 unspecified atom stereocenters. The monoisotopic (exact) mass is 394 g/mol. The first-order valence-corrected chi connectivity index (χ1v) is 9.49. The standard InChI is InChI=1S/C22H16F2N2OS/c1-14-5-4-6-15(11-14)17-13-28-21(20(17)26-9-2-3-10-26)22(27)25-16-7-8-18(23)19(24)12-16/h2-13H,1H3,(H,25,27). The third kappa shape index (κ3) is 3.46. The van der Waals surface area contributed by atoms with Crippen LogP contribution >= 0.6 is 11.3 Å². The Labute approximate surface area is 164 Å². The van der Waals surface area contributed by atoms with E-state index in [2.05, 4.69) is 11.4 Å². The van der Waals surface area contributed by atoms with Crippen LogP contribution in [-0.4, -0.2) is 10.5 Å². The highest BCUT2D eigenvalue weighted by atomic mass is 32.1. The maximum atomic E-state index is 13.5. The number of thiophene rings is 1. The fourth-order valence-electron chi connectivity index (χ4n) is 3.03. The molecule has 0 saturated heterocycles. The number of hydrogen-bond donors (Lipinski definition) is 1. The lowest BCUT2D eigenvalue weighted by atomic mass is 10.0. The summed E-state index contributed by atoms with van der Waals surface area (Å²) in [4.78, 5) is 13.4. The van der Waals surface area contributed by atoms with Crippen molar-refractivity contribution in [1.82, 2.24) is 4.57 Å². The summed E-state index contributed by atoms with van der Waals surface area (Å²) < 4.78 is 28.5. The third-order valence-electron chi connectivity index (χ3n) is 4.34. The molecular formula is C22H16F2N2OS. The van der Waals surface area contributed by atoms with Crippen LogP contribution in [-0.2, 0) is 0 Å². The third-order valence-corrected chi connectivity index (χ3v) is 5.31. The number of hydrogen-bond acceptors (Lipinski definition) is 2. The Bertz CT molecular complexity index is 1150. The molecule has 2 heterocycles. The lowest BCUT2D eigenvalue weighted by Crippen LogP contribution is -2.13. The second-order valence-corrected chi connectivity index (χ2v) is 7.25. The van der Waals surface area contributed by atoms with Crippen LogP contribution in [0.25, 0.3) is 16.8 Å². The fourth-order valence-corrected chi connectivity index (χ4v) is 4.00. The van der Waals surface area contributed by atoms with Crippen LogP contribution in [0.5, 0.6) is 0 Å². The number of amides is 1. The number of rotatable bonds is 4. The lowest BCUT2D eigenvalue weighted by molar-refractivity contribution is 0.103. The molecule has 1 N–H and O–H groups in total. The summed E-state index contributed by atoms with van der Waals surface area (Å²) >= 11 is 1.31. The largest absolute Gasteiger partial charge is 0.322 e. The van der Waals surface area contributed by atoms with Gasteiger partial charge in [0.05, 0.1) is 5.69 Å². The molecule has 0 atom stereocenters. The van der Waals surface area contributed by atoms with Gasteiger partial charge in [-0.15, -0.1) is 11.3 Å². The first-order chi connectivity index (χ1) is 13.5. The van der Waals surface area contributed by atoms with Gasteiger partial charge in [0.15, 0.2) is 11.6 Å². The molecule has 4 aromatic rings. The Kier molecular flexibility index (Phi) is 4.79. The number of nitrogens with one attached hydrogen (secondary N) is 1. The first-order valence-electron chi connectivity index (χ1n) is 8.61. The first kappa shape index (κ1) is 18.1. The van der Waals surface area contributed by atoms with Crippen LogP contribution in [0.3, 0.4) is 0 Å². The maximum Gasteiger partial charge on any atom is 0.267 e. The average Bonchev–Trinajstić information content (AvgIpc) is 3.33. The topological polar surface area (TPSA) is 34.0 Å². The van der Waals surface area contributed by atoms with Gasteiger partial charge in [0.1, 0.15) is 4.88 Å². The number of carbonyl (C=O) groups is 1. The molecule has 0 aliphatic carbocycles. The zero-order valence-corrected chi connectivity index (χ0v) is 15.8. The molecule has 0 radical (unpaired) electrons. The summed E-state index contributed by atoms with van der Waals surface area (Å²) in [6, 6.07) is 15.1. The Morgan fingerprint density at radius 2 is 1.79 bits per heavy atom. The van der Waals surface area contributed by atoms with Gasteiger partial charge in [0.2, 0.25) is 0 Å². The van der Waals surface area contributed by atoms with Gasteiger partial charge < -0.3 is 9.88 Å². The Hall–Kier alpha value is -3.25. The predicted octanol–water partition coefficient (Wildman–Crippen LogP) is 6.04. The minimum atomic E-state index is -1.00. The van der Waals surface area contributed by atoms with E-state index in [1.165, 1.54) is 17.4 Å². The van der Waals surface area contributed by atoms with Gasteiger partial charge in [-0.1, -0.05) is 29.8 Å². The van der Waals surface area contributed by atoms with Gasteiger partial charge >= 0.3 is 0 Å². The maximum absolute atomic E-state index is 13.5. The summed E-state index contributed by atoms with van der Waals surface area (Å²) in [5.74, 6) is -2.34. The number of aryl methyl sites for hydroxylation is 1.